The van der Waals surface area contributed by atoms with Gasteiger partial charge in [-0.2, -0.15) is 10.5 Å². The summed E-state index contributed by atoms with van der Waals surface area (Å²) in [5.41, 5.74) is 2.56. The van der Waals surface area contributed by atoms with Crippen LogP contribution in [0.2, 0.25) is 0 Å². The zero-order chi connectivity index (χ0) is 16.1. The van der Waals surface area contributed by atoms with E-state index in [0.29, 0.717) is 11.1 Å². The highest BCUT2D eigenvalue weighted by atomic mass is 16.1. The average molecular weight is 290 g/mol. The minimum absolute atomic E-state index is 0.0997. The third-order valence-corrected chi connectivity index (χ3v) is 3.33. The number of anilines is 2. The Morgan fingerprint density at radius 3 is 1.36 bits per heavy atom. The van der Waals surface area contributed by atoms with Gasteiger partial charge in [0.2, 0.25) is 0 Å². The Hall–Kier alpha value is -3.31. The number of nitriles is 2. The van der Waals surface area contributed by atoms with Gasteiger partial charge in [-0.15, -0.1) is 0 Å². The summed E-state index contributed by atoms with van der Waals surface area (Å²) in [5.74, 6) is -0.0997. The van der Waals surface area contributed by atoms with E-state index >= 15 is 0 Å². The van der Waals surface area contributed by atoms with Crippen molar-refractivity contribution in [3.05, 3.63) is 59.7 Å². The van der Waals surface area contributed by atoms with Crippen LogP contribution in [0.5, 0.6) is 0 Å². The number of nitrogens with zero attached hydrogens (tertiary/aromatic N) is 4. The van der Waals surface area contributed by atoms with E-state index in [4.69, 9.17) is 10.5 Å². The summed E-state index contributed by atoms with van der Waals surface area (Å²) in [6.07, 6.45) is 4.00. The van der Waals surface area contributed by atoms with Gasteiger partial charge in [-0.1, -0.05) is 0 Å². The zero-order valence-electron chi connectivity index (χ0n) is 12.3. The Kier molecular flexibility index (Phi) is 4.41. The van der Waals surface area contributed by atoms with Crippen LogP contribution in [0.3, 0.4) is 0 Å². The van der Waals surface area contributed by atoms with Crippen molar-refractivity contribution in [1.82, 2.24) is 0 Å². The highest BCUT2D eigenvalue weighted by Gasteiger charge is 2.10. The third kappa shape index (κ3) is 3.05. The molecule has 0 bridgehead atoms. The maximum Gasteiger partial charge on any atom is 0.193 e. The Balaban J connectivity index is 2.21. The number of carbonyl (C=O) groups excluding carboxylic acids is 1. The Morgan fingerprint density at radius 2 is 1.09 bits per heavy atom. The van der Waals surface area contributed by atoms with Crippen molar-refractivity contribution in [2.45, 2.75) is 0 Å². The predicted octanol–water partition coefficient (Wildman–Crippen LogP) is 2.75. The largest absolute Gasteiger partial charge is 0.289 e. The highest BCUT2D eigenvalue weighted by Crippen LogP contribution is 2.18. The fraction of sp³-hybridized carbons (Fsp3) is 0.118. The van der Waals surface area contributed by atoms with Gasteiger partial charge in [0.25, 0.3) is 0 Å². The molecule has 0 aliphatic carbocycles. The molecule has 0 saturated heterocycles. The Morgan fingerprint density at radius 1 is 0.773 bits per heavy atom. The second-order valence-electron chi connectivity index (χ2n) is 4.74. The second kappa shape index (κ2) is 6.43. The molecule has 0 N–H and O–H groups in total. The summed E-state index contributed by atoms with van der Waals surface area (Å²) in [4.78, 5) is 15.2. The minimum atomic E-state index is -0.0997. The van der Waals surface area contributed by atoms with E-state index in [9.17, 15) is 4.79 Å². The number of ketones is 1. The topological polar surface area (TPSA) is 71.1 Å². The summed E-state index contributed by atoms with van der Waals surface area (Å²) < 4.78 is 0. The SMILES string of the molecule is CN(C#N)c1ccc(C(=O)c2ccc(N(C)C#N)cc2)cc1. The molecule has 0 aliphatic rings. The molecule has 0 aliphatic heterocycles. The molecule has 2 rings (SSSR count). The van der Waals surface area contributed by atoms with Gasteiger partial charge in [0.05, 0.1) is 11.4 Å². The van der Waals surface area contributed by atoms with Crippen LogP contribution in [0.4, 0.5) is 11.4 Å². The number of benzene rings is 2. The molecule has 0 unspecified atom stereocenters. The molecule has 0 radical (unpaired) electrons. The molecule has 22 heavy (non-hydrogen) atoms. The summed E-state index contributed by atoms with van der Waals surface area (Å²) in [7, 11) is 3.31. The van der Waals surface area contributed by atoms with Crippen molar-refractivity contribution in [3.63, 3.8) is 0 Å². The van der Waals surface area contributed by atoms with Crippen molar-refractivity contribution in [1.29, 1.82) is 10.5 Å². The molecular weight excluding hydrogens is 276 g/mol. The lowest BCUT2D eigenvalue weighted by molar-refractivity contribution is 0.103. The number of rotatable bonds is 4. The lowest BCUT2D eigenvalue weighted by atomic mass is 10.0. The minimum Gasteiger partial charge on any atom is -0.289 e. The quantitative estimate of drug-likeness (QED) is 0.492. The van der Waals surface area contributed by atoms with Gasteiger partial charge in [0.15, 0.2) is 18.2 Å². The maximum absolute atomic E-state index is 12.4. The average Bonchev–Trinajstić information content (AvgIpc) is 2.60. The monoisotopic (exact) mass is 290 g/mol. The summed E-state index contributed by atoms with van der Waals surface area (Å²) >= 11 is 0. The van der Waals surface area contributed by atoms with Crippen molar-refractivity contribution in [2.24, 2.45) is 0 Å². The molecule has 0 aromatic heterocycles. The molecule has 0 amide bonds. The van der Waals surface area contributed by atoms with Gasteiger partial charge in [-0.3, -0.25) is 14.6 Å². The number of hydrogen-bond donors (Lipinski definition) is 0. The van der Waals surface area contributed by atoms with E-state index in [1.54, 1.807) is 62.6 Å². The highest BCUT2D eigenvalue weighted by molar-refractivity contribution is 6.09. The summed E-state index contributed by atoms with van der Waals surface area (Å²) in [6, 6.07) is 13.7. The van der Waals surface area contributed by atoms with Crippen molar-refractivity contribution in [3.8, 4) is 12.4 Å². The number of carbonyl (C=O) groups is 1. The van der Waals surface area contributed by atoms with E-state index in [0.717, 1.165) is 11.4 Å². The van der Waals surface area contributed by atoms with Crippen LogP contribution in [0, 0.1) is 22.9 Å². The molecule has 0 atom stereocenters. The maximum atomic E-state index is 12.4. The van der Waals surface area contributed by atoms with Crippen LogP contribution in [0.15, 0.2) is 48.5 Å². The van der Waals surface area contributed by atoms with Crippen molar-refractivity contribution < 1.29 is 4.79 Å². The smallest absolute Gasteiger partial charge is 0.193 e. The van der Waals surface area contributed by atoms with Crippen LogP contribution >= 0.6 is 0 Å². The van der Waals surface area contributed by atoms with Crippen molar-refractivity contribution >= 4 is 17.2 Å². The zero-order valence-corrected chi connectivity index (χ0v) is 12.3. The van der Waals surface area contributed by atoms with E-state index in [2.05, 4.69) is 0 Å². The van der Waals surface area contributed by atoms with Crippen LogP contribution in [0.1, 0.15) is 15.9 Å². The fourth-order valence-corrected chi connectivity index (χ4v) is 1.95. The van der Waals surface area contributed by atoms with Gasteiger partial charge in [-0.05, 0) is 48.5 Å². The van der Waals surface area contributed by atoms with Gasteiger partial charge >= 0.3 is 0 Å². The normalized spacial score (nSPS) is 9.45. The third-order valence-electron chi connectivity index (χ3n) is 3.33. The molecular formula is C17H14N4O. The van der Waals surface area contributed by atoms with Gasteiger partial charge in [-0.25, -0.2) is 0 Å². The summed E-state index contributed by atoms with van der Waals surface area (Å²) in [5, 5.41) is 17.6. The molecule has 108 valence electrons. The molecule has 0 heterocycles. The van der Waals surface area contributed by atoms with Gasteiger partial charge in [0.1, 0.15) is 0 Å². The number of hydrogen-bond acceptors (Lipinski definition) is 5. The lowest BCUT2D eigenvalue weighted by Gasteiger charge is -2.10. The van der Waals surface area contributed by atoms with Gasteiger partial charge in [0, 0.05) is 25.2 Å². The lowest BCUT2D eigenvalue weighted by Crippen LogP contribution is -2.09. The molecule has 0 fully saturated rings. The first-order valence-electron chi connectivity index (χ1n) is 6.58. The molecule has 2 aromatic carbocycles. The Bertz CT molecular complexity index is 686. The fourth-order valence-electron chi connectivity index (χ4n) is 1.95. The second-order valence-corrected chi connectivity index (χ2v) is 4.74. The van der Waals surface area contributed by atoms with E-state index < -0.39 is 0 Å². The van der Waals surface area contributed by atoms with Crippen LogP contribution in [-0.2, 0) is 0 Å². The molecule has 5 nitrogen and oxygen atoms in total. The van der Waals surface area contributed by atoms with Crippen LogP contribution in [-0.4, -0.2) is 19.9 Å². The van der Waals surface area contributed by atoms with E-state index in [-0.39, 0.29) is 5.78 Å². The van der Waals surface area contributed by atoms with Crippen LogP contribution < -0.4 is 9.80 Å². The summed E-state index contributed by atoms with van der Waals surface area (Å²) in [6.45, 7) is 0. The first-order chi connectivity index (χ1) is 10.6. The molecule has 2 aromatic rings. The van der Waals surface area contributed by atoms with Crippen LogP contribution in [0.25, 0.3) is 0 Å². The Labute approximate surface area is 129 Å². The molecule has 0 spiro atoms. The standard InChI is InChI=1S/C17H14N4O/c1-20(11-18)15-7-3-13(4-8-15)17(22)14-5-9-16(10-6-14)21(2)12-19/h3-10H,1-2H3. The first-order valence-corrected chi connectivity index (χ1v) is 6.58. The van der Waals surface area contributed by atoms with Gasteiger partial charge < -0.3 is 0 Å². The first kappa shape index (κ1) is 15.1. The molecule has 0 saturated carbocycles. The molecule has 5 heteroatoms. The van der Waals surface area contributed by atoms with E-state index in [1.807, 2.05) is 12.4 Å². The van der Waals surface area contributed by atoms with E-state index in [1.165, 1.54) is 9.80 Å². The van der Waals surface area contributed by atoms with Crippen molar-refractivity contribution in [2.75, 3.05) is 23.9 Å². The predicted molar refractivity (Wildman–Crippen MR) is 84.3 cm³/mol.